The van der Waals surface area contributed by atoms with Crippen LogP contribution in [0.5, 0.6) is 0 Å². The Hall–Kier alpha value is -1.46. The molecule has 0 aromatic carbocycles. The van der Waals surface area contributed by atoms with Gasteiger partial charge in [0.25, 0.3) is 0 Å². The minimum absolute atomic E-state index is 0.470. The Balaban J connectivity index is 0.000000485. The summed E-state index contributed by atoms with van der Waals surface area (Å²) in [5.41, 5.74) is 5.26. The van der Waals surface area contributed by atoms with E-state index in [0.717, 1.165) is 0 Å². The van der Waals surface area contributed by atoms with Gasteiger partial charge in [-0.1, -0.05) is 0 Å². The third-order valence-corrected chi connectivity index (χ3v) is 3.45. The Morgan fingerprint density at radius 2 is 1.27 bits per heavy atom. The standard InChI is InChI=1S/C6H13NO5.C6H10O8/c7-3-5(10)4(9)2(1-8)12-6(3)11;7-1(3(9)5(11)12)2(8)4(10)6(13)14/h2-6,8-11H,1,7H2;1-4,7-10H,(H,11,12)(H,13,14)/t2-,3-,4-,5-,6-;1-,2-,3-,4+/m10/s1. The number of hydrogen-bond acceptors (Lipinski definition) is 12. The van der Waals surface area contributed by atoms with E-state index in [0.29, 0.717) is 0 Å². The Kier molecular flexibility index (Phi) is 10.0. The number of nitrogens with two attached hydrogens (primary N) is 1. The number of carboxylic acids is 2. The predicted molar refractivity (Wildman–Crippen MR) is 77.3 cm³/mol. The average molecular weight is 389 g/mol. The molecule has 0 amide bonds. The molecule has 1 saturated heterocycles. The van der Waals surface area contributed by atoms with E-state index in [-0.39, 0.29) is 0 Å². The van der Waals surface area contributed by atoms with Crippen LogP contribution in [0.3, 0.4) is 0 Å². The second-order valence-electron chi connectivity index (χ2n) is 5.35. The van der Waals surface area contributed by atoms with Crippen LogP contribution in [0.25, 0.3) is 0 Å². The molecule has 1 aliphatic rings. The molecule has 1 rings (SSSR count). The first-order valence-electron chi connectivity index (χ1n) is 7.10. The van der Waals surface area contributed by atoms with Gasteiger partial charge in [0.2, 0.25) is 0 Å². The molecular formula is C12H23NO13. The van der Waals surface area contributed by atoms with E-state index >= 15 is 0 Å². The molecular weight excluding hydrogens is 366 g/mol. The number of rotatable bonds is 6. The van der Waals surface area contributed by atoms with Gasteiger partial charge in [-0.05, 0) is 0 Å². The number of ether oxygens (including phenoxy) is 1. The summed E-state index contributed by atoms with van der Waals surface area (Å²) in [5.74, 6) is -3.68. The first kappa shape index (κ1) is 24.5. The van der Waals surface area contributed by atoms with Gasteiger partial charge in [0.15, 0.2) is 18.5 Å². The molecule has 1 heterocycles. The third-order valence-electron chi connectivity index (χ3n) is 3.45. The van der Waals surface area contributed by atoms with Gasteiger partial charge in [-0.25, -0.2) is 9.59 Å². The van der Waals surface area contributed by atoms with Crippen molar-refractivity contribution < 1.29 is 65.4 Å². The summed E-state index contributed by atoms with van der Waals surface area (Å²) >= 11 is 0. The monoisotopic (exact) mass is 389 g/mol. The topological polar surface area (TPSA) is 272 Å². The fourth-order valence-electron chi connectivity index (χ4n) is 1.78. The minimum atomic E-state index is -2.36. The van der Waals surface area contributed by atoms with E-state index in [1.54, 1.807) is 0 Å². The Labute approximate surface area is 145 Å². The number of aliphatic hydroxyl groups excluding tert-OH is 8. The molecule has 0 radical (unpaired) electrons. The van der Waals surface area contributed by atoms with Gasteiger partial charge in [0.05, 0.1) is 12.6 Å². The first-order valence-corrected chi connectivity index (χ1v) is 7.10. The summed E-state index contributed by atoms with van der Waals surface area (Å²) in [6.45, 7) is -0.470. The molecule has 0 aliphatic carbocycles. The van der Waals surface area contributed by atoms with Gasteiger partial charge >= 0.3 is 11.9 Å². The summed E-state index contributed by atoms with van der Waals surface area (Å²) in [6, 6.07) is -1.04. The highest BCUT2D eigenvalue weighted by atomic mass is 16.6. The normalized spacial score (nSPS) is 33.2. The molecule has 1 aliphatic heterocycles. The SMILES string of the molecule is N[C@@H]1[C@@H](O)[C@H](O)[C@@H](CO)O[C@H]1O.O=C(O)[C@@H](O)[C@@H](O)[C@H](O)[C@@H](O)C(=O)O. The maximum absolute atomic E-state index is 10.1. The summed E-state index contributed by atoms with van der Waals surface area (Å²) in [7, 11) is 0. The molecule has 14 nitrogen and oxygen atoms in total. The van der Waals surface area contributed by atoms with Gasteiger partial charge in [-0.3, -0.25) is 0 Å². The molecule has 154 valence electrons. The van der Waals surface area contributed by atoms with Crippen LogP contribution >= 0.6 is 0 Å². The van der Waals surface area contributed by atoms with Crippen LogP contribution in [-0.4, -0.2) is 125 Å². The zero-order valence-electron chi connectivity index (χ0n) is 13.2. The molecule has 1 fully saturated rings. The Morgan fingerprint density at radius 3 is 1.58 bits per heavy atom. The molecule has 12 N–H and O–H groups in total. The largest absolute Gasteiger partial charge is 0.479 e. The van der Waals surface area contributed by atoms with Crippen molar-refractivity contribution in [2.45, 2.75) is 55.1 Å². The van der Waals surface area contributed by atoms with Crippen molar-refractivity contribution in [3.63, 3.8) is 0 Å². The lowest BCUT2D eigenvalue weighted by Gasteiger charge is -2.38. The zero-order chi connectivity index (χ0) is 20.8. The average Bonchev–Trinajstić information content (AvgIpc) is 2.60. The minimum Gasteiger partial charge on any atom is -0.479 e. The van der Waals surface area contributed by atoms with E-state index in [2.05, 4.69) is 0 Å². The van der Waals surface area contributed by atoms with Gasteiger partial charge in [0.1, 0.15) is 30.5 Å². The number of carboxylic acid groups (broad SMARTS) is 2. The quantitative estimate of drug-likeness (QED) is 0.201. The molecule has 0 bridgehead atoms. The molecule has 14 heteroatoms. The van der Waals surface area contributed by atoms with Crippen LogP contribution < -0.4 is 5.73 Å². The summed E-state index contributed by atoms with van der Waals surface area (Å²) in [5, 5.41) is 87.5. The number of hydrogen-bond donors (Lipinski definition) is 11. The lowest BCUT2D eigenvalue weighted by atomic mass is 9.98. The van der Waals surface area contributed by atoms with Crippen LogP contribution in [0.1, 0.15) is 0 Å². The van der Waals surface area contributed by atoms with Gasteiger partial charge in [-0.2, -0.15) is 0 Å². The van der Waals surface area contributed by atoms with Crippen molar-refractivity contribution in [1.82, 2.24) is 0 Å². The number of carbonyl (C=O) groups is 2. The maximum Gasteiger partial charge on any atom is 0.335 e. The molecule has 0 saturated carbocycles. The molecule has 0 aromatic rings. The van der Waals surface area contributed by atoms with E-state index in [1.807, 2.05) is 0 Å². The van der Waals surface area contributed by atoms with Crippen molar-refractivity contribution in [1.29, 1.82) is 0 Å². The predicted octanol–water partition coefficient (Wildman–Crippen LogP) is -6.66. The fourth-order valence-corrected chi connectivity index (χ4v) is 1.78. The van der Waals surface area contributed by atoms with Crippen molar-refractivity contribution in [2.24, 2.45) is 5.73 Å². The number of aliphatic carboxylic acids is 2. The van der Waals surface area contributed by atoms with Crippen molar-refractivity contribution in [3.8, 4) is 0 Å². The lowest BCUT2D eigenvalue weighted by Crippen LogP contribution is -2.61. The van der Waals surface area contributed by atoms with E-state index < -0.39 is 73.6 Å². The summed E-state index contributed by atoms with van der Waals surface area (Å²) in [4.78, 5) is 20.2. The fraction of sp³-hybridized carbons (Fsp3) is 0.833. The van der Waals surface area contributed by atoms with Gasteiger partial charge in [-0.15, -0.1) is 0 Å². The van der Waals surface area contributed by atoms with E-state index in [1.165, 1.54) is 0 Å². The van der Waals surface area contributed by atoms with Crippen molar-refractivity contribution >= 4 is 11.9 Å². The highest BCUT2D eigenvalue weighted by molar-refractivity contribution is 5.75. The van der Waals surface area contributed by atoms with Crippen LogP contribution in [0.2, 0.25) is 0 Å². The smallest absolute Gasteiger partial charge is 0.335 e. The zero-order valence-corrected chi connectivity index (χ0v) is 13.2. The highest BCUT2D eigenvalue weighted by Crippen LogP contribution is 2.17. The van der Waals surface area contributed by atoms with E-state index in [9.17, 15) is 19.8 Å². The highest BCUT2D eigenvalue weighted by Gasteiger charge is 2.41. The molecule has 26 heavy (non-hydrogen) atoms. The van der Waals surface area contributed by atoms with Crippen molar-refractivity contribution in [3.05, 3.63) is 0 Å². The van der Waals surface area contributed by atoms with Crippen LogP contribution in [0.15, 0.2) is 0 Å². The van der Waals surface area contributed by atoms with Gasteiger partial charge in [0, 0.05) is 0 Å². The molecule has 0 unspecified atom stereocenters. The van der Waals surface area contributed by atoms with Crippen molar-refractivity contribution in [2.75, 3.05) is 6.61 Å². The van der Waals surface area contributed by atoms with Gasteiger partial charge < -0.3 is 61.5 Å². The summed E-state index contributed by atoms with van der Waals surface area (Å²) < 4.78 is 4.70. The number of aliphatic hydroxyl groups is 8. The summed E-state index contributed by atoms with van der Waals surface area (Å²) in [6.07, 6.45) is -14.1. The Bertz CT molecular complexity index is 434. The van der Waals surface area contributed by atoms with Crippen LogP contribution in [0, 0.1) is 0 Å². The van der Waals surface area contributed by atoms with Crippen LogP contribution in [0.4, 0.5) is 0 Å². The molecule has 0 spiro atoms. The first-order chi connectivity index (χ1) is 11.9. The molecule has 9 atom stereocenters. The van der Waals surface area contributed by atoms with Crippen LogP contribution in [-0.2, 0) is 14.3 Å². The lowest BCUT2D eigenvalue weighted by molar-refractivity contribution is -0.248. The maximum atomic E-state index is 10.1. The second-order valence-corrected chi connectivity index (χ2v) is 5.35. The third kappa shape index (κ3) is 6.36. The molecule has 0 aromatic heterocycles. The Morgan fingerprint density at radius 1 is 0.885 bits per heavy atom. The second kappa shape index (κ2) is 10.6. The van der Waals surface area contributed by atoms with E-state index in [4.69, 9.17) is 51.3 Å².